The summed E-state index contributed by atoms with van der Waals surface area (Å²) >= 11 is 0. The first-order valence-electron chi connectivity index (χ1n) is 7.02. The van der Waals surface area contributed by atoms with E-state index in [1.807, 2.05) is 6.92 Å². The van der Waals surface area contributed by atoms with E-state index in [4.69, 9.17) is 4.74 Å². The van der Waals surface area contributed by atoms with E-state index < -0.39 is 6.10 Å². The van der Waals surface area contributed by atoms with Crippen molar-refractivity contribution in [1.29, 1.82) is 0 Å². The molecular weight excluding hydrogens is 242 g/mol. The maximum Gasteiger partial charge on any atom is 0.193 e. The molecule has 0 saturated heterocycles. The highest BCUT2D eigenvalue weighted by molar-refractivity contribution is 5.99. The zero-order valence-electron chi connectivity index (χ0n) is 11.3. The van der Waals surface area contributed by atoms with Crippen LogP contribution in [0.15, 0.2) is 18.5 Å². The van der Waals surface area contributed by atoms with Crippen LogP contribution in [0.3, 0.4) is 0 Å². The molecule has 0 bridgehead atoms. The number of carbonyl (C=O) groups excluding carboxylic acids is 1. The molecule has 4 nitrogen and oxygen atoms in total. The predicted molar refractivity (Wildman–Crippen MR) is 72.3 cm³/mol. The standard InChI is InChI=1S/C15H21NO3/c1-2-19-13-8-12(9-16-10-13)15(18)14(17)11-6-4-3-5-7-11/h8-11,14,17H,2-7H2,1H3. The van der Waals surface area contributed by atoms with Crippen molar-refractivity contribution >= 4 is 5.78 Å². The first kappa shape index (κ1) is 14.0. The molecule has 0 aromatic carbocycles. The monoisotopic (exact) mass is 263 g/mol. The normalized spacial score (nSPS) is 18.0. The van der Waals surface area contributed by atoms with Crippen molar-refractivity contribution in [3.8, 4) is 5.75 Å². The molecule has 0 amide bonds. The highest BCUT2D eigenvalue weighted by Crippen LogP contribution is 2.28. The fourth-order valence-electron chi connectivity index (χ4n) is 2.63. The van der Waals surface area contributed by atoms with E-state index >= 15 is 0 Å². The zero-order chi connectivity index (χ0) is 13.7. The number of ether oxygens (including phenoxy) is 1. The quantitative estimate of drug-likeness (QED) is 0.830. The topological polar surface area (TPSA) is 59.4 Å². The molecule has 0 radical (unpaired) electrons. The Morgan fingerprint density at radius 2 is 2.16 bits per heavy atom. The van der Waals surface area contributed by atoms with Crippen LogP contribution < -0.4 is 4.74 Å². The maximum absolute atomic E-state index is 12.3. The van der Waals surface area contributed by atoms with Gasteiger partial charge in [0.1, 0.15) is 11.9 Å². The minimum atomic E-state index is -0.904. The highest BCUT2D eigenvalue weighted by Gasteiger charge is 2.28. The van der Waals surface area contributed by atoms with E-state index in [-0.39, 0.29) is 11.7 Å². The van der Waals surface area contributed by atoms with Crippen LogP contribution in [0.1, 0.15) is 49.4 Å². The van der Waals surface area contributed by atoms with Crippen LogP contribution in [0.25, 0.3) is 0 Å². The molecule has 1 aromatic heterocycles. The smallest absolute Gasteiger partial charge is 0.193 e. The second-order valence-corrected chi connectivity index (χ2v) is 5.05. The number of Topliss-reactive ketones (excluding diaryl/α,β-unsaturated/α-hetero) is 1. The van der Waals surface area contributed by atoms with Gasteiger partial charge in [0.2, 0.25) is 0 Å². The molecule has 1 aliphatic rings. The van der Waals surface area contributed by atoms with Gasteiger partial charge in [-0.15, -0.1) is 0 Å². The summed E-state index contributed by atoms with van der Waals surface area (Å²) in [5.74, 6) is 0.433. The van der Waals surface area contributed by atoms with Crippen molar-refractivity contribution in [1.82, 2.24) is 4.98 Å². The van der Waals surface area contributed by atoms with Crippen molar-refractivity contribution in [2.75, 3.05) is 6.61 Å². The van der Waals surface area contributed by atoms with Gasteiger partial charge in [-0.1, -0.05) is 19.3 Å². The van der Waals surface area contributed by atoms with Gasteiger partial charge < -0.3 is 9.84 Å². The first-order valence-corrected chi connectivity index (χ1v) is 7.02. The average Bonchev–Trinajstić information content (AvgIpc) is 2.47. The predicted octanol–water partition coefficient (Wildman–Crippen LogP) is 2.60. The number of rotatable bonds is 5. The number of carbonyl (C=O) groups is 1. The summed E-state index contributed by atoms with van der Waals surface area (Å²) in [4.78, 5) is 16.2. The minimum absolute atomic E-state index is 0.0944. The lowest BCUT2D eigenvalue weighted by atomic mass is 9.83. The first-order chi connectivity index (χ1) is 9.22. The van der Waals surface area contributed by atoms with E-state index in [0.717, 1.165) is 25.7 Å². The Hall–Kier alpha value is -1.42. The molecule has 0 spiro atoms. The number of nitrogens with zero attached hydrogens (tertiary/aromatic N) is 1. The number of aliphatic hydroxyl groups is 1. The molecule has 0 aliphatic heterocycles. The third-order valence-corrected chi connectivity index (χ3v) is 3.67. The summed E-state index contributed by atoms with van der Waals surface area (Å²) in [6.07, 6.45) is 7.46. The van der Waals surface area contributed by atoms with E-state index in [2.05, 4.69) is 4.98 Å². The molecule has 1 heterocycles. The Kier molecular flexibility index (Phi) is 4.91. The summed E-state index contributed by atoms with van der Waals surface area (Å²) in [6.45, 7) is 2.41. The molecule has 2 rings (SSSR count). The largest absolute Gasteiger partial charge is 0.492 e. The van der Waals surface area contributed by atoms with Crippen molar-refractivity contribution in [3.63, 3.8) is 0 Å². The minimum Gasteiger partial charge on any atom is -0.492 e. The lowest BCUT2D eigenvalue weighted by molar-refractivity contribution is 0.0534. The molecule has 1 aromatic rings. The molecule has 104 valence electrons. The van der Waals surface area contributed by atoms with Crippen LogP contribution in [0.4, 0.5) is 0 Å². The van der Waals surface area contributed by atoms with Gasteiger partial charge in [-0.25, -0.2) is 0 Å². The maximum atomic E-state index is 12.3. The molecular formula is C15H21NO3. The van der Waals surface area contributed by atoms with Gasteiger partial charge >= 0.3 is 0 Å². The zero-order valence-corrected chi connectivity index (χ0v) is 11.3. The fourth-order valence-corrected chi connectivity index (χ4v) is 2.63. The van der Waals surface area contributed by atoms with Crippen molar-refractivity contribution in [3.05, 3.63) is 24.0 Å². The molecule has 1 fully saturated rings. The van der Waals surface area contributed by atoms with Gasteiger partial charge in [0.25, 0.3) is 0 Å². The molecule has 19 heavy (non-hydrogen) atoms. The van der Waals surface area contributed by atoms with Crippen LogP contribution in [0.5, 0.6) is 5.75 Å². The number of hydrogen-bond donors (Lipinski definition) is 1. The average molecular weight is 263 g/mol. The van der Waals surface area contributed by atoms with Crippen LogP contribution in [-0.2, 0) is 0 Å². The van der Waals surface area contributed by atoms with Crippen molar-refractivity contribution in [2.45, 2.75) is 45.1 Å². The third kappa shape index (κ3) is 3.53. The van der Waals surface area contributed by atoms with Gasteiger partial charge in [0, 0.05) is 11.8 Å². The van der Waals surface area contributed by atoms with Crippen LogP contribution >= 0.6 is 0 Å². The Bertz CT molecular complexity index is 427. The van der Waals surface area contributed by atoms with Crippen molar-refractivity contribution < 1.29 is 14.6 Å². The van der Waals surface area contributed by atoms with Gasteiger partial charge in [-0.2, -0.15) is 0 Å². The van der Waals surface area contributed by atoms with E-state index in [0.29, 0.717) is 17.9 Å². The summed E-state index contributed by atoms with van der Waals surface area (Å²) in [7, 11) is 0. The van der Waals surface area contributed by atoms with E-state index in [9.17, 15) is 9.90 Å². The summed E-state index contributed by atoms with van der Waals surface area (Å²) in [5, 5.41) is 10.2. The highest BCUT2D eigenvalue weighted by atomic mass is 16.5. The van der Waals surface area contributed by atoms with Crippen LogP contribution in [0.2, 0.25) is 0 Å². The van der Waals surface area contributed by atoms with Gasteiger partial charge in [0.15, 0.2) is 5.78 Å². The van der Waals surface area contributed by atoms with Gasteiger partial charge in [-0.3, -0.25) is 9.78 Å². The fraction of sp³-hybridized carbons (Fsp3) is 0.600. The molecule has 1 saturated carbocycles. The number of aliphatic hydroxyl groups excluding tert-OH is 1. The van der Waals surface area contributed by atoms with Gasteiger partial charge in [-0.05, 0) is 31.7 Å². The summed E-state index contributed by atoms with van der Waals surface area (Å²) < 4.78 is 5.33. The molecule has 1 N–H and O–H groups in total. The summed E-state index contributed by atoms with van der Waals surface area (Å²) in [6, 6.07) is 1.66. The number of pyridine rings is 1. The Morgan fingerprint density at radius 1 is 1.42 bits per heavy atom. The lowest BCUT2D eigenvalue weighted by Crippen LogP contribution is -2.31. The Labute approximate surface area is 113 Å². The van der Waals surface area contributed by atoms with E-state index in [1.165, 1.54) is 12.6 Å². The number of ketones is 1. The SMILES string of the molecule is CCOc1cncc(C(=O)C(O)C2CCCCC2)c1. The third-order valence-electron chi connectivity index (χ3n) is 3.67. The van der Waals surface area contributed by atoms with E-state index in [1.54, 1.807) is 12.3 Å². The summed E-state index contributed by atoms with van der Waals surface area (Å²) in [5.41, 5.74) is 0.434. The second kappa shape index (κ2) is 6.66. The lowest BCUT2D eigenvalue weighted by Gasteiger charge is -2.25. The van der Waals surface area contributed by atoms with Crippen LogP contribution in [0, 0.1) is 5.92 Å². The number of hydrogen-bond acceptors (Lipinski definition) is 4. The van der Waals surface area contributed by atoms with Crippen molar-refractivity contribution in [2.24, 2.45) is 5.92 Å². The molecule has 1 atom stereocenters. The Morgan fingerprint density at radius 3 is 2.84 bits per heavy atom. The van der Waals surface area contributed by atoms with Crippen LogP contribution in [-0.4, -0.2) is 28.6 Å². The number of aromatic nitrogens is 1. The Balaban J connectivity index is 2.07. The molecule has 1 unspecified atom stereocenters. The second-order valence-electron chi connectivity index (χ2n) is 5.05. The molecule has 4 heteroatoms. The van der Waals surface area contributed by atoms with Gasteiger partial charge in [0.05, 0.1) is 12.8 Å². The molecule has 1 aliphatic carbocycles.